The Morgan fingerprint density at radius 3 is 2.60 bits per heavy atom. The first-order chi connectivity index (χ1) is 14.5. The molecule has 0 aromatic heterocycles. The van der Waals surface area contributed by atoms with E-state index in [1.165, 1.54) is 0 Å². The molecule has 0 radical (unpaired) electrons. The minimum absolute atomic E-state index is 0.0680. The van der Waals surface area contributed by atoms with Gasteiger partial charge in [-0.1, -0.05) is 35.9 Å². The molecule has 1 fully saturated rings. The summed E-state index contributed by atoms with van der Waals surface area (Å²) in [5.41, 5.74) is 2.58. The molecule has 1 spiro atoms. The van der Waals surface area contributed by atoms with Gasteiger partial charge in [-0.05, 0) is 23.8 Å². The fraction of sp³-hybridized carbons (Fsp3) is 0.391. The molecule has 1 atom stereocenters. The number of carbonyl (C=O) groups is 1. The molecule has 1 saturated heterocycles. The first-order valence-electron chi connectivity index (χ1n) is 10.2. The number of ether oxygens (including phenoxy) is 2. The zero-order valence-electron chi connectivity index (χ0n) is 17.1. The molecule has 1 unspecified atom stereocenters. The first-order valence-corrected chi connectivity index (χ1v) is 10.6. The summed E-state index contributed by atoms with van der Waals surface area (Å²) in [6.45, 7) is 2.91. The van der Waals surface area contributed by atoms with Crippen LogP contribution >= 0.6 is 11.6 Å². The fourth-order valence-corrected chi connectivity index (χ4v) is 4.87. The Morgan fingerprint density at radius 1 is 1.20 bits per heavy atom. The average Bonchev–Trinajstić information content (AvgIpc) is 3.21. The lowest BCUT2D eigenvalue weighted by molar-refractivity contribution is -0.159. The van der Waals surface area contributed by atoms with Gasteiger partial charge in [0.05, 0.1) is 18.9 Å². The summed E-state index contributed by atoms with van der Waals surface area (Å²) in [5.74, 6) is 1.63. The maximum atomic E-state index is 11.9. The maximum Gasteiger partial charge on any atom is 0.219 e. The number of hydrazone groups is 1. The van der Waals surface area contributed by atoms with Crippen molar-refractivity contribution < 1.29 is 14.3 Å². The Morgan fingerprint density at radius 2 is 1.93 bits per heavy atom. The van der Waals surface area contributed by atoms with Gasteiger partial charge in [0.15, 0.2) is 11.5 Å². The van der Waals surface area contributed by atoms with Crippen LogP contribution in [0.15, 0.2) is 47.6 Å². The quantitative estimate of drug-likeness (QED) is 0.722. The highest BCUT2D eigenvalue weighted by molar-refractivity contribution is 6.30. The summed E-state index contributed by atoms with van der Waals surface area (Å²) in [6, 6.07) is 13.9. The van der Waals surface area contributed by atoms with Gasteiger partial charge in [-0.15, -0.1) is 0 Å². The van der Waals surface area contributed by atoms with Crippen molar-refractivity contribution in [1.82, 2.24) is 9.91 Å². The highest BCUT2D eigenvalue weighted by atomic mass is 35.5. The molecule has 3 aliphatic heterocycles. The second kappa shape index (κ2) is 7.20. The van der Waals surface area contributed by atoms with Crippen molar-refractivity contribution in [3.63, 3.8) is 0 Å². The third-order valence-electron chi connectivity index (χ3n) is 6.38. The molecule has 156 valence electrons. The number of hydrogen-bond donors (Lipinski definition) is 0. The van der Waals surface area contributed by atoms with Crippen LogP contribution in [0.4, 0.5) is 0 Å². The maximum absolute atomic E-state index is 11.9. The Hall–Kier alpha value is -2.73. The lowest BCUT2D eigenvalue weighted by atomic mass is 9.90. The van der Waals surface area contributed by atoms with Crippen LogP contribution in [-0.4, -0.2) is 47.5 Å². The van der Waals surface area contributed by atoms with Gasteiger partial charge in [-0.3, -0.25) is 4.79 Å². The number of likely N-dealkylation sites (tertiary alicyclic amines) is 1. The largest absolute Gasteiger partial charge is 0.493 e. The Bertz CT molecular complexity index is 1010. The number of carbonyl (C=O) groups excluding carboxylic acids is 1. The molecule has 30 heavy (non-hydrogen) atoms. The monoisotopic (exact) mass is 425 g/mol. The third kappa shape index (κ3) is 3.01. The number of nitrogens with zero attached hydrogens (tertiary/aromatic N) is 3. The minimum Gasteiger partial charge on any atom is -0.493 e. The number of halogens is 1. The van der Waals surface area contributed by atoms with E-state index in [9.17, 15) is 4.79 Å². The summed E-state index contributed by atoms with van der Waals surface area (Å²) in [4.78, 5) is 13.8. The van der Waals surface area contributed by atoms with Crippen LogP contribution in [0.2, 0.25) is 5.02 Å². The highest BCUT2D eigenvalue weighted by Gasteiger charge is 2.52. The van der Waals surface area contributed by atoms with Crippen molar-refractivity contribution in [2.75, 3.05) is 20.2 Å². The number of amides is 1. The van der Waals surface area contributed by atoms with Gasteiger partial charge >= 0.3 is 0 Å². The summed E-state index contributed by atoms with van der Waals surface area (Å²) >= 11 is 6.08. The minimum atomic E-state index is -0.591. The topological polar surface area (TPSA) is 54.4 Å². The molecule has 1 amide bonds. The number of fused-ring (bicyclic) bond motifs is 4. The molecule has 7 heteroatoms. The zero-order valence-corrected chi connectivity index (χ0v) is 17.9. The van der Waals surface area contributed by atoms with Crippen molar-refractivity contribution in [2.24, 2.45) is 5.10 Å². The van der Waals surface area contributed by atoms with E-state index < -0.39 is 5.72 Å². The summed E-state index contributed by atoms with van der Waals surface area (Å²) < 4.78 is 12.3. The number of rotatable bonds is 2. The van der Waals surface area contributed by atoms with E-state index in [-0.39, 0.29) is 11.9 Å². The smallest absolute Gasteiger partial charge is 0.219 e. The van der Waals surface area contributed by atoms with Crippen LogP contribution in [-0.2, 0) is 4.79 Å². The predicted molar refractivity (Wildman–Crippen MR) is 115 cm³/mol. The number of hydrogen-bond acceptors (Lipinski definition) is 5. The normalized spacial score (nSPS) is 21.6. The van der Waals surface area contributed by atoms with Crippen molar-refractivity contribution in [1.29, 1.82) is 0 Å². The summed E-state index contributed by atoms with van der Waals surface area (Å²) in [5, 5.41) is 7.89. The highest BCUT2D eigenvalue weighted by Crippen LogP contribution is 2.52. The van der Waals surface area contributed by atoms with Crippen LogP contribution in [0.1, 0.15) is 43.4 Å². The lowest BCUT2D eigenvalue weighted by Crippen LogP contribution is -2.59. The van der Waals surface area contributed by atoms with Crippen LogP contribution in [0.25, 0.3) is 0 Å². The molecule has 2 aromatic rings. The SMILES string of the molecule is COc1cccc2c1OC1(CCN(C(C)=O)CC1)N1N=C(c3ccc(Cl)cc3)CC21. The van der Waals surface area contributed by atoms with Gasteiger partial charge in [-0.2, -0.15) is 5.10 Å². The van der Waals surface area contributed by atoms with Crippen molar-refractivity contribution >= 4 is 23.2 Å². The van der Waals surface area contributed by atoms with Crippen molar-refractivity contribution in [3.8, 4) is 11.5 Å². The number of benzene rings is 2. The van der Waals surface area contributed by atoms with E-state index in [1.54, 1.807) is 14.0 Å². The van der Waals surface area contributed by atoms with Crippen molar-refractivity contribution in [3.05, 3.63) is 58.6 Å². The van der Waals surface area contributed by atoms with E-state index in [2.05, 4.69) is 11.1 Å². The Balaban J connectivity index is 1.57. The van der Waals surface area contributed by atoms with Gasteiger partial charge < -0.3 is 14.4 Å². The molecule has 0 N–H and O–H groups in total. The molecule has 0 aliphatic carbocycles. The Labute approximate surface area is 181 Å². The molecule has 6 nitrogen and oxygen atoms in total. The molecule has 0 bridgehead atoms. The molecule has 3 aliphatic rings. The second-order valence-corrected chi connectivity index (χ2v) is 8.49. The molecule has 2 aromatic carbocycles. The van der Waals surface area contributed by atoms with Gasteiger partial charge in [0.2, 0.25) is 11.6 Å². The molecule has 5 rings (SSSR count). The molecular weight excluding hydrogens is 402 g/mol. The van der Waals surface area contributed by atoms with Crippen LogP contribution < -0.4 is 9.47 Å². The van der Waals surface area contributed by atoms with Crippen molar-refractivity contribution in [2.45, 2.75) is 38.0 Å². The third-order valence-corrected chi connectivity index (χ3v) is 6.63. The molecule has 3 heterocycles. The first kappa shape index (κ1) is 19.2. The lowest BCUT2D eigenvalue weighted by Gasteiger charge is -2.51. The summed E-state index contributed by atoms with van der Waals surface area (Å²) in [6.07, 6.45) is 2.17. The zero-order chi connectivity index (χ0) is 20.9. The van der Waals surface area contributed by atoms with E-state index >= 15 is 0 Å². The van der Waals surface area contributed by atoms with E-state index in [4.69, 9.17) is 26.2 Å². The second-order valence-electron chi connectivity index (χ2n) is 8.05. The molecule has 0 saturated carbocycles. The van der Waals surface area contributed by atoms with Crippen LogP contribution in [0.3, 0.4) is 0 Å². The number of piperidine rings is 1. The van der Waals surface area contributed by atoms with Gasteiger partial charge in [0.25, 0.3) is 0 Å². The summed E-state index contributed by atoms with van der Waals surface area (Å²) in [7, 11) is 1.67. The van der Waals surface area contributed by atoms with Crippen LogP contribution in [0, 0.1) is 0 Å². The van der Waals surface area contributed by atoms with Gasteiger partial charge in [0, 0.05) is 49.9 Å². The number of methoxy groups -OCH3 is 1. The fourth-order valence-electron chi connectivity index (χ4n) is 4.75. The predicted octanol–water partition coefficient (Wildman–Crippen LogP) is 4.23. The van der Waals surface area contributed by atoms with E-state index in [0.29, 0.717) is 31.0 Å². The van der Waals surface area contributed by atoms with E-state index in [1.807, 2.05) is 41.3 Å². The van der Waals surface area contributed by atoms with Gasteiger partial charge in [0.1, 0.15) is 0 Å². The molecular formula is C23H24ClN3O3. The average molecular weight is 426 g/mol. The van der Waals surface area contributed by atoms with E-state index in [0.717, 1.165) is 34.8 Å². The van der Waals surface area contributed by atoms with Crippen LogP contribution in [0.5, 0.6) is 11.5 Å². The Kier molecular flexibility index (Phi) is 4.62. The number of para-hydroxylation sites is 1. The van der Waals surface area contributed by atoms with Gasteiger partial charge in [-0.25, -0.2) is 5.01 Å². The standard InChI is InChI=1S/C23H24ClN3O3/c1-15(28)26-12-10-23(11-13-26)27-20(18-4-3-5-21(29-2)22(18)30-23)14-19(25-27)16-6-8-17(24)9-7-16/h3-9,20H,10-14H2,1-2H3.